The first-order valence-corrected chi connectivity index (χ1v) is 9.96. The molecular weight excluding hydrogens is 369 g/mol. The van der Waals surface area contributed by atoms with Crippen LogP contribution in [-0.2, 0) is 15.0 Å². The van der Waals surface area contributed by atoms with Gasteiger partial charge in [-0.1, -0.05) is 49.4 Å². The molecule has 0 bridgehead atoms. The summed E-state index contributed by atoms with van der Waals surface area (Å²) in [6, 6.07) is 14.6. The summed E-state index contributed by atoms with van der Waals surface area (Å²) in [5.74, 6) is -1.23. The summed E-state index contributed by atoms with van der Waals surface area (Å²) in [6.45, 7) is 1.40. The van der Waals surface area contributed by atoms with E-state index in [1.165, 1.54) is 32.3 Å². The molecule has 27 heavy (non-hydrogen) atoms. The largest absolute Gasteiger partial charge is 0.348 e. The Labute approximate surface area is 159 Å². The first-order chi connectivity index (χ1) is 12.8. The van der Waals surface area contributed by atoms with Crippen molar-refractivity contribution >= 4 is 21.8 Å². The summed E-state index contributed by atoms with van der Waals surface area (Å²) in [6.07, 6.45) is 0.635. The Morgan fingerprint density at radius 1 is 1.07 bits per heavy atom. The fraction of sp³-hybridized carbons (Fsp3) is 0.316. The number of carbonyl (C=O) groups is 1. The monoisotopic (exact) mass is 393 g/mol. The van der Waals surface area contributed by atoms with Crippen LogP contribution in [-0.4, -0.2) is 39.3 Å². The van der Waals surface area contributed by atoms with Gasteiger partial charge in [-0.05, 0) is 24.1 Å². The van der Waals surface area contributed by atoms with Gasteiger partial charge in [0.05, 0.1) is 11.7 Å². The Hall–Kier alpha value is -2.45. The summed E-state index contributed by atoms with van der Waals surface area (Å²) < 4.78 is 41.2. The van der Waals surface area contributed by atoms with E-state index >= 15 is 0 Å². The van der Waals surface area contributed by atoms with E-state index < -0.39 is 28.5 Å². The number of nitrogens with zero attached hydrogens (tertiary/aromatic N) is 2. The molecule has 0 aliphatic heterocycles. The second-order valence-electron chi connectivity index (χ2n) is 6.19. The molecule has 0 aliphatic carbocycles. The number of halogens is 1. The zero-order valence-electron chi connectivity index (χ0n) is 15.6. The van der Waals surface area contributed by atoms with Crippen molar-refractivity contribution in [3.8, 4) is 0 Å². The van der Waals surface area contributed by atoms with E-state index in [0.717, 1.165) is 20.2 Å². The number of benzene rings is 2. The number of rotatable bonds is 8. The van der Waals surface area contributed by atoms with E-state index in [1.54, 1.807) is 0 Å². The molecule has 0 aliphatic rings. The third-order valence-electron chi connectivity index (χ3n) is 4.09. The van der Waals surface area contributed by atoms with Crippen LogP contribution in [0.3, 0.4) is 0 Å². The summed E-state index contributed by atoms with van der Waals surface area (Å²) in [4.78, 5) is 12.6. The molecule has 0 saturated carbocycles. The number of nitrogens with one attached hydrogen (secondary N) is 1. The van der Waals surface area contributed by atoms with Gasteiger partial charge in [-0.25, -0.2) is 8.70 Å². The van der Waals surface area contributed by atoms with Gasteiger partial charge in [-0.3, -0.25) is 4.79 Å². The molecule has 0 fully saturated rings. The van der Waals surface area contributed by atoms with Crippen molar-refractivity contribution in [2.45, 2.75) is 19.4 Å². The van der Waals surface area contributed by atoms with Crippen LogP contribution in [0.1, 0.15) is 24.9 Å². The van der Waals surface area contributed by atoms with E-state index in [-0.39, 0.29) is 11.7 Å². The number of hydrogen-bond donors (Lipinski definition) is 1. The van der Waals surface area contributed by atoms with Gasteiger partial charge in [-0.15, -0.1) is 0 Å². The van der Waals surface area contributed by atoms with Crippen molar-refractivity contribution in [1.82, 2.24) is 9.62 Å². The Balaban J connectivity index is 2.27. The van der Waals surface area contributed by atoms with E-state index in [0.29, 0.717) is 6.42 Å². The lowest BCUT2D eigenvalue weighted by atomic mass is 10.0. The summed E-state index contributed by atoms with van der Waals surface area (Å²) in [5.41, 5.74) is 0.746. The lowest BCUT2D eigenvalue weighted by Gasteiger charge is -2.28. The van der Waals surface area contributed by atoms with Crippen LogP contribution in [0.25, 0.3) is 0 Å². The highest BCUT2D eigenvalue weighted by Crippen LogP contribution is 2.23. The van der Waals surface area contributed by atoms with Crippen LogP contribution < -0.4 is 9.62 Å². The molecule has 0 radical (unpaired) electrons. The highest BCUT2D eigenvalue weighted by molar-refractivity contribution is 7.90. The number of para-hydroxylation sites is 1. The van der Waals surface area contributed by atoms with Crippen LogP contribution >= 0.6 is 0 Å². The minimum Gasteiger partial charge on any atom is -0.348 e. The fourth-order valence-electron chi connectivity index (χ4n) is 2.62. The van der Waals surface area contributed by atoms with Gasteiger partial charge >= 0.3 is 10.2 Å². The summed E-state index contributed by atoms with van der Waals surface area (Å²) >= 11 is 0. The maximum absolute atomic E-state index is 14.2. The first kappa shape index (κ1) is 20.9. The van der Waals surface area contributed by atoms with Crippen LogP contribution in [0.5, 0.6) is 0 Å². The van der Waals surface area contributed by atoms with Crippen molar-refractivity contribution in [3.05, 3.63) is 66.0 Å². The molecule has 0 unspecified atom stereocenters. The van der Waals surface area contributed by atoms with Crippen LogP contribution in [0.15, 0.2) is 54.6 Å². The Bertz CT molecular complexity index is 873. The molecule has 0 heterocycles. The summed E-state index contributed by atoms with van der Waals surface area (Å²) in [7, 11) is -1.38. The maximum atomic E-state index is 14.2. The third-order valence-corrected chi connectivity index (χ3v) is 5.90. The van der Waals surface area contributed by atoms with Gasteiger partial charge in [-0.2, -0.15) is 12.7 Å². The van der Waals surface area contributed by atoms with Crippen molar-refractivity contribution in [2.75, 3.05) is 24.9 Å². The number of anilines is 1. The Morgan fingerprint density at radius 3 is 2.22 bits per heavy atom. The molecule has 1 atom stereocenters. The Morgan fingerprint density at radius 2 is 1.67 bits per heavy atom. The van der Waals surface area contributed by atoms with Gasteiger partial charge < -0.3 is 5.32 Å². The molecular formula is C19H24FN3O3S. The molecule has 0 aromatic heterocycles. The van der Waals surface area contributed by atoms with E-state index in [4.69, 9.17) is 0 Å². The second kappa shape index (κ2) is 8.96. The van der Waals surface area contributed by atoms with Crippen molar-refractivity contribution < 1.29 is 17.6 Å². The normalized spacial score (nSPS) is 12.6. The molecule has 1 amide bonds. The van der Waals surface area contributed by atoms with E-state index in [2.05, 4.69) is 5.32 Å². The van der Waals surface area contributed by atoms with Gasteiger partial charge in [0.15, 0.2) is 0 Å². The van der Waals surface area contributed by atoms with Gasteiger partial charge in [0.2, 0.25) is 5.91 Å². The zero-order valence-corrected chi connectivity index (χ0v) is 16.4. The second-order valence-corrected chi connectivity index (χ2v) is 8.25. The van der Waals surface area contributed by atoms with Gasteiger partial charge in [0, 0.05) is 14.1 Å². The first-order valence-electron chi connectivity index (χ1n) is 8.56. The maximum Gasteiger partial charge on any atom is 0.304 e. The lowest BCUT2D eigenvalue weighted by molar-refractivity contribution is -0.120. The topological polar surface area (TPSA) is 69.7 Å². The number of hydrogen-bond acceptors (Lipinski definition) is 3. The highest BCUT2D eigenvalue weighted by Gasteiger charge is 2.29. The molecule has 8 heteroatoms. The van der Waals surface area contributed by atoms with Crippen molar-refractivity contribution in [1.29, 1.82) is 0 Å². The van der Waals surface area contributed by atoms with Crippen molar-refractivity contribution in [3.63, 3.8) is 0 Å². The predicted molar refractivity (Wildman–Crippen MR) is 104 cm³/mol. The molecule has 6 nitrogen and oxygen atoms in total. The smallest absolute Gasteiger partial charge is 0.304 e. The molecule has 0 spiro atoms. The van der Waals surface area contributed by atoms with E-state index in [1.807, 2.05) is 37.3 Å². The minimum atomic E-state index is -4.05. The van der Waals surface area contributed by atoms with Crippen LogP contribution in [0.2, 0.25) is 0 Å². The Kier molecular flexibility index (Phi) is 6.92. The van der Waals surface area contributed by atoms with E-state index in [9.17, 15) is 17.6 Å². The number of amides is 1. The van der Waals surface area contributed by atoms with Crippen LogP contribution in [0.4, 0.5) is 10.1 Å². The number of carbonyl (C=O) groups excluding carboxylic acids is 1. The minimum absolute atomic E-state index is 0.172. The van der Waals surface area contributed by atoms with Gasteiger partial charge in [0.25, 0.3) is 0 Å². The lowest BCUT2D eigenvalue weighted by Crippen LogP contribution is -2.46. The van der Waals surface area contributed by atoms with Crippen LogP contribution in [0, 0.1) is 5.82 Å². The predicted octanol–water partition coefficient (Wildman–Crippen LogP) is 2.71. The standard InChI is InChI=1S/C19H24FN3O3S/c1-4-17(15-10-6-5-7-11-15)21-19(24)14-23(27(25,26)22(2)3)18-13-9-8-12-16(18)20/h5-13,17H,4,14H2,1-3H3,(H,21,24)/t17-/m0/s1. The highest BCUT2D eigenvalue weighted by atomic mass is 32.2. The molecule has 2 rings (SSSR count). The quantitative estimate of drug-likeness (QED) is 0.750. The SMILES string of the molecule is CC[C@H](NC(=O)CN(c1ccccc1F)S(=O)(=O)N(C)C)c1ccccc1. The zero-order chi connectivity index (χ0) is 20.0. The molecule has 1 N–H and O–H groups in total. The molecule has 2 aromatic carbocycles. The summed E-state index contributed by atoms with van der Waals surface area (Å²) in [5, 5.41) is 2.83. The average Bonchev–Trinajstić information content (AvgIpc) is 2.65. The van der Waals surface area contributed by atoms with Crippen molar-refractivity contribution in [2.24, 2.45) is 0 Å². The molecule has 2 aromatic rings. The van der Waals surface area contributed by atoms with Gasteiger partial charge in [0.1, 0.15) is 12.4 Å². The molecule has 0 saturated heterocycles. The molecule has 146 valence electrons. The fourth-order valence-corrected chi connectivity index (χ4v) is 3.69. The third kappa shape index (κ3) is 5.05. The average molecular weight is 393 g/mol.